The molecule has 3 nitrogen and oxygen atoms in total. The van der Waals surface area contributed by atoms with Gasteiger partial charge in [-0.3, -0.25) is 4.79 Å². The number of carbonyl (C=O) groups excluding carboxylic acids is 1. The Morgan fingerprint density at radius 1 is 1.43 bits per heavy atom. The van der Waals surface area contributed by atoms with E-state index in [1.807, 2.05) is 30.3 Å². The highest BCUT2D eigenvalue weighted by Crippen LogP contribution is 2.11. The summed E-state index contributed by atoms with van der Waals surface area (Å²) in [7, 11) is 1.35. The van der Waals surface area contributed by atoms with Gasteiger partial charge in [-0.1, -0.05) is 30.3 Å². The molecule has 76 valence electrons. The van der Waals surface area contributed by atoms with Gasteiger partial charge in [0.2, 0.25) is 0 Å². The predicted octanol–water partition coefficient (Wildman–Crippen LogP) is 1.12. The van der Waals surface area contributed by atoms with Crippen LogP contribution in [-0.2, 0) is 16.0 Å². The average molecular weight is 193 g/mol. The minimum Gasteiger partial charge on any atom is -0.468 e. The monoisotopic (exact) mass is 193 g/mol. The fourth-order valence-corrected chi connectivity index (χ4v) is 1.33. The Kier molecular flexibility index (Phi) is 3.25. The SMILES string of the molecule is COC(=O)[C@](C)(N)Cc1ccccc1. The zero-order valence-electron chi connectivity index (χ0n) is 8.49. The molecular weight excluding hydrogens is 178 g/mol. The lowest BCUT2D eigenvalue weighted by atomic mass is 9.94. The van der Waals surface area contributed by atoms with Gasteiger partial charge < -0.3 is 10.5 Å². The molecule has 1 aromatic carbocycles. The molecule has 0 saturated carbocycles. The van der Waals surface area contributed by atoms with E-state index >= 15 is 0 Å². The van der Waals surface area contributed by atoms with Crippen molar-refractivity contribution in [2.75, 3.05) is 7.11 Å². The molecule has 1 atom stereocenters. The number of carbonyl (C=O) groups is 1. The molecule has 1 aromatic rings. The molecule has 0 amide bonds. The third-order valence-electron chi connectivity index (χ3n) is 2.07. The zero-order valence-corrected chi connectivity index (χ0v) is 8.49. The van der Waals surface area contributed by atoms with Gasteiger partial charge in [0.15, 0.2) is 0 Å². The lowest BCUT2D eigenvalue weighted by Crippen LogP contribution is -2.47. The summed E-state index contributed by atoms with van der Waals surface area (Å²) < 4.78 is 4.62. The maximum absolute atomic E-state index is 11.3. The highest BCUT2D eigenvalue weighted by molar-refractivity contribution is 5.80. The second kappa shape index (κ2) is 4.24. The molecule has 0 saturated heterocycles. The van der Waals surface area contributed by atoms with Crippen LogP contribution in [0.1, 0.15) is 12.5 Å². The van der Waals surface area contributed by atoms with Crippen LogP contribution in [0.15, 0.2) is 30.3 Å². The van der Waals surface area contributed by atoms with Crippen LogP contribution in [0.4, 0.5) is 0 Å². The van der Waals surface area contributed by atoms with Gasteiger partial charge in [-0.15, -0.1) is 0 Å². The molecule has 1 rings (SSSR count). The van der Waals surface area contributed by atoms with Gasteiger partial charge in [-0.25, -0.2) is 0 Å². The van der Waals surface area contributed by atoms with Gasteiger partial charge in [0.25, 0.3) is 0 Å². The van der Waals surface area contributed by atoms with Gasteiger partial charge in [-0.2, -0.15) is 0 Å². The fraction of sp³-hybridized carbons (Fsp3) is 0.364. The predicted molar refractivity (Wildman–Crippen MR) is 54.8 cm³/mol. The van der Waals surface area contributed by atoms with Crippen LogP contribution < -0.4 is 5.73 Å². The van der Waals surface area contributed by atoms with Gasteiger partial charge in [0, 0.05) is 6.42 Å². The maximum atomic E-state index is 11.3. The van der Waals surface area contributed by atoms with Crippen LogP contribution in [-0.4, -0.2) is 18.6 Å². The van der Waals surface area contributed by atoms with Crippen molar-refractivity contribution in [1.29, 1.82) is 0 Å². The number of nitrogens with two attached hydrogens (primary N) is 1. The highest BCUT2D eigenvalue weighted by atomic mass is 16.5. The summed E-state index contributed by atoms with van der Waals surface area (Å²) in [4.78, 5) is 11.3. The van der Waals surface area contributed by atoms with Crippen LogP contribution in [0.2, 0.25) is 0 Å². The Morgan fingerprint density at radius 3 is 2.50 bits per heavy atom. The van der Waals surface area contributed by atoms with E-state index in [0.717, 1.165) is 5.56 Å². The van der Waals surface area contributed by atoms with E-state index in [1.165, 1.54) is 7.11 Å². The van der Waals surface area contributed by atoms with Gasteiger partial charge >= 0.3 is 5.97 Å². The molecule has 0 bridgehead atoms. The Hall–Kier alpha value is -1.35. The molecule has 0 fully saturated rings. The van der Waals surface area contributed by atoms with Crippen molar-refractivity contribution in [3.8, 4) is 0 Å². The zero-order chi connectivity index (χ0) is 10.6. The van der Waals surface area contributed by atoms with E-state index < -0.39 is 5.54 Å². The Balaban J connectivity index is 2.73. The van der Waals surface area contributed by atoms with Crippen LogP contribution >= 0.6 is 0 Å². The van der Waals surface area contributed by atoms with Crippen molar-refractivity contribution in [3.63, 3.8) is 0 Å². The molecule has 0 aliphatic carbocycles. The van der Waals surface area contributed by atoms with Crippen molar-refractivity contribution in [1.82, 2.24) is 0 Å². The van der Waals surface area contributed by atoms with E-state index in [-0.39, 0.29) is 5.97 Å². The number of ether oxygens (including phenoxy) is 1. The first-order chi connectivity index (χ1) is 6.56. The van der Waals surface area contributed by atoms with Gasteiger partial charge in [0.05, 0.1) is 7.11 Å². The maximum Gasteiger partial charge on any atom is 0.325 e. The van der Waals surface area contributed by atoms with Gasteiger partial charge in [-0.05, 0) is 12.5 Å². The van der Waals surface area contributed by atoms with Crippen molar-refractivity contribution in [2.45, 2.75) is 18.9 Å². The quantitative estimate of drug-likeness (QED) is 0.732. The summed E-state index contributed by atoms with van der Waals surface area (Å²) >= 11 is 0. The molecular formula is C11H15NO2. The molecule has 3 heteroatoms. The first-order valence-corrected chi connectivity index (χ1v) is 4.47. The van der Waals surface area contributed by atoms with Crippen LogP contribution in [0.25, 0.3) is 0 Å². The summed E-state index contributed by atoms with van der Waals surface area (Å²) in [5, 5.41) is 0. The molecule has 0 spiro atoms. The summed E-state index contributed by atoms with van der Waals surface area (Å²) in [6.07, 6.45) is 0.487. The normalized spacial score (nSPS) is 14.5. The van der Waals surface area contributed by atoms with Crippen molar-refractivity contribution < 1.29 is 9.53 Å². The third-order valence-corrected chi connectivity index (χ3v) is 2.07. The second-order valence-corrected chi connectivity index (χ2v) is 3.57. The summed E-state index contributed by atoms with van der Waals surface area (Å²) in [5.74, 6) is -0.388. The van der Waals surface area contributed by atoms with E-state index in [1.54, 1.807) is 6.92 Å². The standard InChI is InChI=1S/C11H15NO2/c1-11(12,10(13)14-2)8-9-6-4-3-5-7-9/h3-7H,8,12H2,1-2H3/t11-/m1/s1. The van der Waals surface area contributed by atoms with Gasteiger partial charge in [0.1, 0.15) is 5.54 Å². The minimum atomic E-state index is -0.948. The van der Waals surface area contributed by atoms with E-state index in [0.29, 0.717) is 6.42 Å². The number of benzene rings is 1. The molecule has 0 aliphatic heterocycles. The lowest BCUT2D eigenvalue weighted by Gasteiger charge is -2.21. The number of esters is 1. The molecule has 0 aliphatic rings. The van der Waals surface area contributed by atoms with Crippen molar-refractivity contribution >= 4 is 5.97 Å². The van der Waals surface area contributed by atoms with Crippen molar-refractivity contribution in [3.05, 3.63) is 35.9 Å². The summed E-state index contributed by atoms with van der Waals surface area (Å²) in [6.45, 7) is 1.67. The Morgan fingerprint density at radius 2 is 2.00 bits per heavy atom. The number of rotatable bonds is 3. The van der Waals surface area contributed by atoms with Crippen LogP contribution in [0.3, 0.4) is 0 Å². The average Bonchev–Trinajstić information content (AvgIpc) is 2.17. The lowest BCUT2D eigenvalue weighted by molar-refractivity contribution is -0.146. The largest absolute Gasteiger partial charge is 0.468 e. The topological polar surface area (TPSA) is 52.3 Å². The molecule has 0 aromatic heterocycles. The molecule has 0 heterocycles. The second-order valence-electron chi connectivity index (χ2n) is 3.57. The number of methoxy groups -OCH3 is 1. The Bertz CT molecular complexity index is 306. The van der Waals surface area contributed by atoms with Crippen LogP contribution in [0, 0.1) is 0 Å². The Labute approximate surface area is 83.9 Å². The molecule has 0 unspecified atom stereocenters. The van der Waals surface area contributed by atoms with E-state index in [9.17, 15) is 4.79 Å². The number of hydrogen-bond donors (Lipinski definition) is 1. The smallest absolute Gasteiger partial charge is 0.325 e. The first-order valence-electron chi connectivity index (χ1n) is 4.47. The molecule has 14 heavy (non-hydrogen) atoms. The van der Waals surface area contributed by atoms with Crippen molar-refractivity contribution in [2.24, 2.45) is 5.73 Å². The van der Waals surface area contributed by atoms with E-state index in [4.69, 9.17) is 5.73 Å². The van der Waals surface area contributed by atoms with Crippen LogP contribution in [0.5, 0.6) is 0 Å². The molecule has 0 radical (unpaired) electrons. The highest BCUT2D eigenvalue weighted by Gasteiger charge is 2.29. The first kappa shape index (κ1) is 10.7. The minimum absolute atomic E-state index is 0.388. The summed E-state index contributed by atoms with van der Waals surface area (Å²) in [6, 6.07) is 9.64. The molecule has 2 N–H and O–H groups in total. The third kappa shape index (κ3) is 2.57. The van der Waals surface area contributed by atoms with E-state index in [2.05, 4.69) is 4.74 Å². The number of hydrogen-bond acceptors (Lipinski definition) is 3. The summed E-state index contributed by atoms with van der Waals surface area (Å²) in [5.41, 5.74) is 5.91. The fourth-order valence-electron chi connectivity index (χ4n) is 1.33.